The van der Waals surface area contributed by atoms with E-state index in [-0.39, 0.29) is 33.3 Å². The van der Waals surface area contributed by atoms with Gasteiger partial charge in [0.25, 0.3) is 5.91 Å². The third kappa shape index (κ3) is 5.29. The fourth-order valence-electron chi connectivity index (χ4n) is 3.51. The number of halogens is 1. The lowest BCUT2D eigenvalue weighted by atomic mass is 9.93. The lowest BCUT2D eigenvalue weighted by Gasteiger charge is -2.15. The van der Waals surface area contributed by atoms with Gasteiger partial charge >= 0.3 is 0 Å². The number of phenols is 2. The lowest BCUT2D eigenvalue weighted by Crippen LogP contribution is -2.15. The zero-order chi connectivity index (χ0) is 25.3. The first kappa shape index (κ1) is 24.3. The highest BCUT2D eigenvalue weighted by Gasteiger charge is 2.18. The minimum atomic E-state index is -3.87. The molecule has 0 aliphatic rings. The van der Waals surface area contributed by atoms with Crippen LogP contribution in [0.5, 0.6) is 11.5 Å². The zero-order valence-electron chi connectivity index (χ0n) is 18.1. The number of amides is 1. The van der Waals surface area contributed by atoms with E-state index in [1.54, 1.807) is 18.2 Å². The SMILES string of the molecule is Nc1c(C(=O)Nc2ccc(O)c(O)c2)cc(-c2ccc(Br)cc2)cc1-c1ccc(S(N)(=O)=O)cc1. The molecule has 7 N–H and O–H groups in total. The van der Waals surface area contributed by atoms with Crippen molar-refractivity contribution < 1.29 is 23.4 Å². The topological polar surface area (TPSA) is 156 Å². The molecule has 4 rings (SSSR count). The summed E-state index contributed by atoms with van der Waals surface area (Å²) >= 11 is 3.41. The van der Waals surface area contributed by atoms with Crippen LogP contribution in [-0.4, -0.2) is 24.5 Å². The normalized spacial score (nSPS) is 11.3. The van der Waals surface area contributed by atoms with Gasteiger partial charge in [-0.05, 0) is 65.2 Å². The molecule has 178 valence electrons. The molecule has 0 aromatic heterocycles. The number of carbonyl (C=O) groups is 1. The van der Waals surface area contributed by atoms with Gasteiger partial charge in [0, 0.05) is 21.8 Å². The van der Waals surface area contributed by atoms with Crippen LogP contribution in [0.4, 0.5) is 11.4 Å². The van der Waals surface area contributed by atoms with Crippen LogP contribution in [0.3, 0.4) is 0 Å². The summed E-state index contributed by atoms with van der Waals surface area (Å²) in [7, 11) is -3.87. The number of carbonyl (C=O) groups excluding carboxylic acids is 1. The second-order valence-electron chi connectivity index (χ2n) is 7.72. The number of nitrogens with two attached hydrogens (primary N) is 2. The van der Waals surface area contributed by atoms with Gasteiger partial charge in [-0.25, -0.2) is 13.6 Å². The number of hydrogen-bond donors (Lipinski definition) is 5. The van der Waals surface area contributed by atoms with Crippen LogP contribution in [-0.2, 0) is 10.0 Å². The number of primary sulfonamides is 1. The molecule has 4 aromatic carbocycles. The van der Waals surface area contributed by atoms with E-state index in [0.29, 0.717) is 16.7 Å². The van der Waals surface area contributed by atoms with Crippen LogP contribution in [0.25, 0.3) is 22.3 Å². The highest BCUT2D eigenvalue weighted by Crippen LogP contribution is 2.36. The number of aromatic hydroxyl groups is 2. The molecule has 0 fully saturated rings. The number of nitrogens with one attached hydrogen (secondary N) is 1. The van der Waals surface area contributed by atoms with E-state index in [1.165, 1.54) is 30.3 Å². The Kier molecular flexibility index (Phi) is 6.53. The van der Waals surface area contributed by atoms with Crippen molar-refractivity contribution in [2.24, 2.45) is 5.14 Å². The number of anilines is 2. The second-order valence-corrected chi connectivity index (χ2v) is 10.2. The van der Waals surface area contributed by atoms with Gasteiger partial charge in [-0.15, -0.1) is 0 Å². The molecule has 0 aliphatic heterocycles. The van der Waals surface area contributed by atoms with E-state index >= 15 is 0 Å². The Balaban J connectivity index is 1.83. The highest BCUT2D eigenvalue weighted by atomic mass is 79.9. The molecule has 0 spiro atoms. The Morgan fingerprint density at radius 1 is 0.800 bits per heavy atom. The summed E-state index contributed by atoms with van der Waals surface area (Å²) in [5, 5.41) is 27.1. The molecule has 0 heterocycles. The van der Waals surface area contributed by atoms with Crippen molar-refractivity contribution in [3.63, 3.8) is 0 Å². The van der Waals surface area contributed by atoms with Crippen molar-refractivity contribution >= 4 is 43.2 Å². The summed E-state index contributed by atoms with van der Waals surface area (Å²) in [6, 6.07) is 20.7. The van der Waals surface area contributed by atoms with Crippen LogP contribution in [0.2, 0.25) is 0 Å². The van der Waals surface area contributed by atoms with Crippen molar-refractivity contribution in [3.05, 3.63) is 88.9 Å². The standard InChI is InChI=1S/C25H20BrN3O5S/c26-17-5-1-14(2-6-17)16-11-20(15-3-8-19(9-4-15)35(28,33)34)24(27)21(12-16)25(32)29-18-7-10-22(30)23(31)13-18/h1-13,30-31H,27H2,(H,29,32)(H2,28,33,34). The number of rotatable bonds is 5. The quantitative estimate of drug-likeness (QED) is 0.137. The third-order valence-corrected chi connectivity index (χ3v) is 6.79. The highest BCUT2D eigenvalue weighted by molar-refractivity contribution is 9.10. The Labute approximate surface area is 210 Å². The van der Waals surface area contributed by atoms with Crippen LogP contribution >= 0.6 is 15.9 Å². The summed E-state index contributed by atoms with van der Waals surface area (Å²) in [5.74, 6) is -1.23. The first-order valence-corrected chi connectivity index (χ1v) is 12.5. The van der Waals surface area contributed by atoms with Crippen molar-refractivity contribution in [2.45, 2.75) is 4.90 Å². The van der Waals surface area contributed by atoms with E-state index < -0.39 is 15.9 Å². The molecular formula is C25H20BrN3O5S. The van der Waals surface area contributed by atoms with Crippen molar-refractivity contribution in [2.75, 3.05) is 11.1 Å². The summed E-state index contributed by atoms with van der Waals surface area (Å²) in [6.45, 7) is 0. The van der Waals surface area contributed by atoms with Gasteiger partial charge < -0.3 is 21.3 Å². The van der Waals surface area contributed by atoms with Gasteiger partial charge in [-0.2, -0.15) is 0 Å². The smallest absolute Gasteiger partial charge is 0.257 e. The predicted octanol–water partition coefficient (Wildman–Crippen LogP) is 4.68. The summed E-state index contributed by atoms with van der Waals surface area (Å²) < 4.78 is 24.2. The molecule has 0 saturated heterocycles. The molecule has 8 nitrogen and oxygen atoms in total. The van der Waals surface area contributed by atoms with E-state index in [9.17, 15) is 23.4 Å². The Morgan fingerprint density at radius 3 is 2.03 bits per heavy atom. The van der Waals surface area contributed by atoms with E-state index in [2.05, 4.69) is 21.2 Å². The molecule has 0 radical (unpaired) electrons. The lowest BCUT2D eigenvalue weighted by molar-refractivity contribution is 0.102. The second kappa shape index (κ2) is 9.41. The van der Waals surface area contributed by atoms with Gasteiger partial charge in [0.15, 0.2) is 11.5 Å². The van der Waals surface area contributed by atoms with E-state index in [4.69, 9.17) is 10.9 Å². The van der Waals surface area contributed by atoms with Gasteiger partial charge in [-0.1, -0.05) is 40.2 Å². The maximum absolute atomic E-state index is 13.2. The molecule has 0 bridgehead atoms. The number of nitrogen functional groups attached to an aromatic ring is 1. The van der Waals surface area contributed by atoms with E-state index in [1.807, 2.05) is 30.3 Å². The maximum Gasteiger partial charge on any atom is 0.257 e. The molecule has 0 aliphatic carbocycles. The number of phenolic OH excluding ortho intramolecular Hbond substituents is 2. The Bertz CT molecular complexity index is 1540. The van der Waals surface area contributed by atoms with Crippen LogP contribution in [0.15, 0.2) is 88.2 Å². The predicted molar refractivity (Wildman–Crippen MR) is 139 cm³/mol. The Morgan fingerprint density at radius 2 is 1.43 bits per heavy atom. The minimum Gasteiger partial charge on any atom is -0.504 e. The van der Waals surface area contributed by atoms with Gasteiger partial charge in [0.1, 0.15) is 0 Å². The fourth-order valence-corrected chi connectivity index (χ4v) is 4.29. The molecule has 0 saturated carbocycles. The largest absolute Gasteiger partial charge is 0.504 e. The fraction of sp³-hybridized carbons (Fsp3) is 0. The van der Waals surface area contributed by atoms with E-state index in [0.717, 1.165) is 10.0 Å². The molecular weight excluding hydrogens is 534 g/mol. The first-order chi connectivity index (χ1) is 16.5. The maximum atomic E-state index is 13.2. The summed E-state index contributed by atoms with van der Waals surface area (Å²) in [6.07, 6.45) is 0. The average molecular weight is 554 g/mol. The Hall–Kier alpha value is -3.86. The van der Waals surface area contributed by atoms with Crippen LogP contribution < -0.4 is 16.2 Å². The van der Waals surface area contributed by atoms with Crippen molar-refractivity contribution in [3.8, 4) is 33.8 Å². The number of hydrogen-bond acceptors (Lipinski definition) is 6. The number of sulfonamides is 1. The average Bonchev–Trinajstić information content (AvgIpc) is 2.81. The molecule has 0 atom stereocenters. The van der Waals surface area contributed by atoms with Gasteiger partial charge in [0.05, 0.1) is 16.1 Å². The summed E-state index contributed by atoms with van der Waals surface area (Å²) in [4.78, 5) is 13.2. The molecule has 0 unspecified atom stereocenters. The minimum absolute atomic E-state index is 0.0472. The molecule has 10 heteroatoms. The van der Waals surface area contributed by atoms with Crippen LogP contribution in [0, 0.1) is 0 Å². The van der Waals surface area contributed by atoms with Crippen LogP contribution in [0.1, 0.15) is 10.4 Å². The molecule has 4 aromatic rings. The monoisotopic (exact) mass is 553 g/mol. The van der Waals surface area contributed by atoms with Crippen molar-refractivity contribution in [1.29, 1.82) is 0 Å². The van der Waals surface area contributed by atoms with Crippen molar-refractivity contribution in [1.82, 2.24) is 0 Å². The first-order valence-electron chi connectivity index (χ1n) is 10.2. The summed E-state index contributed by atoms with van der Waals surface area (Å²) in [5.41, 5.74) is 9.66. The molecule has 35 heavy (non-hydrogen) atoms. The zero-order valence-corrected chi connectivity index (χ0v) is 20.5. The van der Waals surface area contributed by atoms with Gasteiger partial charge in [0.2, 0.25) is 10.0 Å². The van der Waals surface area contributed by atoms with Gasteiger partial charge in [-0.3, -0.25) is 4.79 Å². The third-order valence-electron chi connectivity index (χ3n) is 5.33. The number of benzene rings is 4. The molecule has 1 amide bonds.